The van der Waals surface area contributed by atoms with Crippen LogP contribution in [0.4, 0.5) is 0 Å². The Morgan fingerprint density at radius 3 is 2.46 bits per heavy atom. The molecule has 1 saturated carbocycles. The van der Waals surface area contributed by atoms with Crippen LogP contribution in [0.25, 0.3) is 11.0 Å². The first-order chi connectivity index (χ1) is 22.2. The van der Waals surface area contributed by atoms with E-state index in [0.29, 0.717) is 35.0 Å². The maximum Gasteiger partial charge on any atom is 0.287 e. The van der Waals surface area contributed by atoms with Crippen molar-refractivity contribution < 1.29 is 14.0 Å². The van der Waals surface area contributed by atoms with Gasteiger partial charge in [-0.25, -0.2) is 4.98 Å². The van der Waals surface area contributed by atoms with Gasteiger partial charge in [0, 0.05) is 37.1 Å². The van der Waals surface area contributed by atoms with Crippen LogP contribution in [0.1, 0.15) is 86.4 Å². The Balaban J connectivity index is 1.22. The molecule has 2 amide bonds. The summed E-state index contributed by atoms with van der Waals surface area (Å²) in [6, 6.07) is 13.1. The fourth-order valence-corrected chi connectivity index (χ4v) is 7.50. The molecule has 2 aliphatic rings. The van der Waals surface area contributed by atoms with E-state index in [1.165, 1.54) is 38.2 Å². The van der Waals surface area contributed by atoms with Crippen molar-refractivity contribution in [2.24, 2.45) is 11.3 Å². The highest BCUT2D eigenvalue weighted by atomic mass is 35.5. The third kappa shape index (κ3) is 7.04. The molecule has 46 heavy (non-hydrogen) atoms. The smallest absolute Gasteiger partial charge is 0.287 e. The summed E-state index contributed by atoms with van der Waals surface area (Å²) < 4.78 is 7.85. The number of carbonyl (C=O) groups excluding carboxylic acids is 2. The minimum Gasteiger partial charge on any atom is -0.451 e. The molecular weight excluding hydrogens is 602 g/mol. The van der Waals surface area contributed by atoms with Crippen molar-refractivity contribution in [3.05, 3.63) is 93.3 Å². The topological polar surface area (TPSA) is 110 Å². The number of amides is 2. The summed E-state index contributed by atoms with van der Waals surface area (Å²) in [4.78, 5) is 46.9. The molecule has 2 aromatic heterocycles. The lowest BCUT2D eigenvalue weighted by atomic mass is 9.63. The second-order valence-electron chi connectivity index (χ2n) is 13.4. The van der Waals surface area contributed by atoms with E-state index in [-0.39, 0.29) is 34.8 Å². The zero-order valence-electron chi connectivity index (χ0n) is 26.6. The van der Waals surface area contributed by atoms with Crippen LogP contribution in [-0.4, -0.2) is 50.6 Å². The third-order valence-electron chi connectivity index (χ3n) is 10.1. The predicted octanol–water partition coefficient (Wildman–Crippen LogP) is 6.39. The van der Waals surface area contributed by atoms with Crippen molar-refractivity contribution in [1.29, 1.82) is 0 Å². The molecule has 1 atom stereocenters. The number of hydrogen-bond donors (Lipinski definition) is 1. The first-order valence-corrected chi connectivity index (χ1v) is 16.8. The Morgan fingerprint density at radius 1 is 1.04 bits per heavy atom. The number of carbonyl (C=O) groups is 2. The number of benzene rings is 2. The maximum atomic E-state index is 14.2. The minimum absolute atomic E-state index is 0.0454. The molecule has 2 aromatic carbocycles. The van der Waals surface area contributed by atoms with Gasteiger partial charge in [-0.3, -0.25) is 19.1 Å². The second-order valence-corrected chi connectivity index (χ2v) is 13.8. The third-order valence-corrected chi connectivity index (χ3v) is 10.3. The molecule has 9 nitrogen and oxygen atoms in total. The van der Waals surface area contributed by atoms with Crippen molar-refractivity contribution in [2.45, 2.75) is 83.7 Å². The Kier molecular flexibility index (Phi) is 9.59. The van der Waals surface area contributed by atoms with Gasteiger partial charge in [0.1, 0.15) is 24.3 Å². The summed E-state index contributed by atoms with van der Waals surface area (Å²) in [5.74, 6) is -0.0345. The molecular formula is C36H42ClN5O4. The predicted molar refractivity (Wildman–Crippen MR) is 178 cm³/mol. The standard InChI is InChI=1S/C36H42ClN5O4/c1-24(2)26-10-13-32-29(19-26)31(43)20-33(46-32)34(44)40-30(18-25-8-11-28(37)12-9-25)35(45)41-16-14-36(15-17-41,21-42-23-38-22-39-42)27-6-4-3-5-7-27/h8-13,19-20,22-24,27,30H,3-7,14-18,21H2,1-2H3,(H,40,44)/t30-/m1/s1. The van der Waals surface area contributed by atoms with Gasteiger partial charge in [-0.05, 0) is 78.3 Å². The number of nitrogens with one attached hydrogen (secondary N) is 1. The summed E-state index contributed by atoms with van der Waals surface area (Å²) in [5, 5.41) is 8.36. The number of fused-ring (bicyclic) bond motifs is 1. The summed E-state index contributed by atoms with van der Waals surface area (Å²) in [6.07, 6.45) is 11.5. The molecule has 0 bridgehead atoms. The monoisotopic (exact) mass is 643 g/mol. The molecule has 10 heteroatoms. The zero-order valence-corrected chi connectivity index (χ0v) is 27.3. The van der Waals surface area contributed by atoms with Crippen molar-refractivity contribution >= 4 is 34.4 Å². The van der Waals surface area contributed by atoms with Crippen LogP contribution < -0.4 is 10.7 Å². The summed E-state index contributed by atoms with van der Waals surface area (Å²) >= 11 is 6.13. The normalized spacial score (nSPS) is 17.7. The summed E-state index contributed by atoms with van der Waals surface area (Å²) in [5.41, 5.74) is 1.97. The van der Waals surface area contributed by atoms with Crippen LogP contribution in [0.5, 0.6) is 0 Å². The lowest BCUT2D eigenvalue weighted by Crippen LogP contribution is -2.54. The van der Waals surface area contributed by atoms with Gasteiger partial charge in [0.05, 0.1) is 5.39 Å². The van der Waals surface area contributed by atoms with Crippen LogP contribution in [0, 0.1) is 11.3 Å². The number of hydrogen-bond acceptors (Lipinski definition) is 6. The average molecular weight is 644 g/mol. The lowest BCUT2D eigenvalue weighted by Gasteiger charge is -2.48. The highest BCUT2D eigenvalue weighted by molar-refractivity contribution is 6.30. The van der Waals surface area contributed by atoms with Crippen LogP contribution >= 0.6 is 11.6 Å². The summed E-state index contributed by atoms with van der Waals surface area (Å²) in [7, 11) is 0. The second kappa shape index (κ2) is 13.8. The average Bonchev–Trinajstić information content (AvgIpc) is 3.58. The summed E-state index contributed by atoms with van der Waals surface area (Å²) in [6.45, 7) is 6.10. The molecule has 0 unspecified atom stereocenters. The quantitative estimate of drug-likeness (QED) is 0.226. The maximum absolute atomic E-state index is 14.2. The van der Waals surface area contributed by atoms with E-state index in [1.54, 1.807) is 30.9 Å². The van der Waals surface area contributed by atoms with Crippen molar-refractivity contribution in [1.82, 2.24) is 25.0 Å². The van der Waals surface area contributed by atoms with Crippen LogP contribution in [0.2, 0.25) is 5.02 Å². The van der Waals surface area contributed by atoms with Crippen molar-refractivity contribution in [2.75, 3.05) is 13.1 Å². The molecule has 2 fully saturated rings. The van der Waals surface area contributed by atoms with Gasteiger partial charge in [-0.1, -0.05) is 62.9 Å². The van der Waals surface area contributed by atoms with E-state index in [4.69, 9.17) is 16.0 Å². The van der Waals surface area contributed by atoms with E-state index in [2.05, 4.69) is 29.2 Å². The van der Waals surface area contributed by atoms with Gasteiger partial charge in [0.2, 0.25) is 5.91 Å². The molecule has 4 aromatic rings. The van der Waals surface area contributed by atoms with E-state index in [1.807, 2.05) is 33.8 Å². The lowest BCUT2D eigenvalue weighted by molar-refractivity contribution is -0.136. The molecule has 0 spiro atoms. The first kappa shape index (κ1) is 32.0. The Morgan fingerprint density at radius 2 is 1.78 bits per heavy atom. The molecule has 1 saturated heterocycles. The Labute approximate surface area is 274 Å². The van der Waals surface area contributed by atoms with Crippen molar-refractivity contribution in [3.63, 3.8) is 0 Å². The Bertz CT molecular complexity index is 1720. The van der Waals surface area contributed by atoms with Gasteiger partial charge < -0.3 is 14.6 Å². The number of rotatable bonds is 9. The highest BCUT2D eigenvalue weighted by Crippen LogP contribution is 2.47. The fraction of sp³-hybridized carbons (Fsp3) is 0.472. The molecule has 1 N–H and O–H groups in total. The first-order valence-electron chi connectivity index (χ1n) is 16.4. The van der Waals surface area contributed by atoms with E-state index in [0.717, 1.165) is 30.5 Å². The molecule has 1 aliphatic carbocycles. The zero-order chi connectivity index (χ0) is 32.3. The van der Waals surface area contributed by atoms with Gasteiger partial charge in [-0.2, -0.15) is 5.10 Å². The van der Waals surface area contributed by atoms with E-state index >= 15 is 0 Å². The number of halogens is 1. The van der Waals surface area contributed by atoms with Gasteiger partial charge in [0.25, 0.3) is 5.91 Å². The van der Waals surface area contributed by atoms with Gasteiger partial charge >= 0.3 is 0 Å². The SMILES string of the molecule is CC(C)c1ccc2oc(C(=O)N[C@H](Cc3ccc(Cl)cc3)C(=O)N3CCC(Cn4cncn4)(C4CCCCC4)CC3)cc(=O)c2c1. The number of likely N-dealkylation sites (tertiary alicyclic amines) is 1. The van der Waals surface area contributed by atoms with Crippen LogP contribution in [0.3, 0.4) is 0 Å². The van der Waals surface area contributed by atoms with E-state index < -0.39 is 11.9 Å². The van der Waals surface area contributed by atoms with E-state index in [9.17, 15) is 14.4 Å². The van der Waals surface area contributed by atoms with Crippen molar-refractivity contribution in [3.8, 4) is 0 Å². The van der Waals surface area contributed by atoms with Gasteiger partial charge in [-0.15, -0.1) is 0 Å². The Hall–Kier alpha value is -3.98. The molecule has 6 rings (SSSR count). The largest absolute Gasteiger partial charge is 0.451 e. The molecule has 0 radical (unpaired) electrons. The minimum atomic E-state index is -0.851. The van der Waals surface area contributed by atoms with Gasteiger partial charge in [0.15, 0.2) is 11.2 Å². The van der Waals surface area contributed by atoms with Crippen LogP contribution in [0.15, 0.2) is 70.4 Å². The number of aromatic nitrogens is 3. The number of nitrogens with zero attached hydrogens (tertiary/aromatic N) is 4. The molecule has 3 heterocycles. The molecule has 1 aliphatic heterocycles. The number of piperidine rings is 1. The molecule has 242 valence electrons. The fourth-order valence-electron chi connectivity index (χ4n) is 7.37. The highest BCUT2D eigenvalue weighted by Gasteiger charge is 2.44. The van der Waals surface area contributed by atoms with Crippen LogP contribution in [-0.2, 0) is 17.8 Å².